The van der Waals surface area contributed by atoms with Gasteiger partial charge in [0.1, 0.15) is 0 Å². The topological polar surface area (TPSA) is 0 Å². The van der Waals surface area contributed by atoms with Crippen LogP contribution in [-0.4, -0.2) is 0 Å². The van der Waals surface area contributed by atoms with E-state index in [4.69, 9.17) is 0 Å². The molecule has 41 heavy (non-hydrogen) atoms. The van der Waals surface area contributed by atoms with E-state index in [0.717, 1.165) is 0 Å². The van der Waals surface area contributed by atoms with Crippen molar-refractivity contribution in [2.45, 2.75) is 58.8 Å². The van der Waals surface area contributed by atoms with Crippen molar-refractivity contribution < 1.29 is 51.0 Å². The van der Waals surface area contributed by atoms with Crippen LogP contribution in [0, 0.1) is 0 Å². The van der Waals surface area contributed by atoms with E-state index in [9.17, 15) is 0 Å². The Bertz CT molecular complexity index is 1670. The fraction of sp³-hybridized carbons (Fsp3) is 0.237. The van der Waals surface area contributed by atoms with Crippen LogP contribution in [0.3, 0.4) is 0 Å². The third kappa shape index (κ3) is 5.97. The van der Waals surface area contributed by atoms with Gasteiger partial charge in [0, 0.05) is 0 Å². The Balaban J connectivity index is 0.00000154. The minimum absolute atomic E-state index is 0. The molecule has 1 aliphatic rings. The van der Waals surface area contributed by atoms with Gasteiger partial charge in [-0.15, -0.1) is 40.1 Å². The molecule has 0 spiro atoms. The zero-order chi connectivity index (χ0) is 26.6. The van der Waals surface area contributed by atoms with Crippen molar-refractivity contribution in [1.82, 2.24) is 0 Å². The Kier molecular flexibility index (Phi) is 10.5. The molecule has 1 atom stereocenters. The summed E-state index contributed by atoms with van der Waals surface area (Å²) in [5, 5.41) is 2.76. The van der Waals surface area contributed by atoms with E-state index in [0.29, 0.717) is 5.92 Å². The van der Waals surface area contributed by atoms with Crippen LogP contribution in [0.15, 0.2) is 103 Å². The molecule has 0 aliphatic heterocycles. The van der Waals surface area contributed by atoms with E-state index in [1.807, 2.05) is 0 Å². The first-order valence-corrected chi connectivity index (χ1v) is 13.9. The average Bonchev–Trinajstić information content (AvgIpc) is 3.45. The molecular formula is C38H37Cl2Zr. The maximum Gasteiger partial charge on any atom is 3.00 e. The van der Waals surface area contributed by atoms with Crippen molar-refractivity contribution in [2.75, 3.05) is 0 Å². The van der Waals surface area contributed by atoms with Crippen LogP contribution in [0.1, 0.15) is 81.2 Å². The van der Waals surface area contributed by atoms with Gasteiger partial charge in [-0.3, -0.25) is 0 Å². The normalized spacial score (nSPS) is 14.1. The van der Waals surface area contributed by atoms with Crippen LogP contribution in [0.25, 0.3) is 39.1 Å². The molecule has 207 valence electrons. The zero-order valence-corrected chi connectivity index (χ0v) is 28.7. The molecule has 1 unspecified atom stereocenters. The van der Waals surface area contributed by atoms with Crippen molar-refractivity contribution in [3.63, 3.8) is 0 Å². The molecule has 0 heterocycles. The Hall–Kier alpha value is -2.31. The van der Waals surface area contributed by atoms with E-state index in [1.54, 1.807) is 0 Å². The van der Waals surface area contributed by atoms with Gasteiger partial charge in [0.15, 0.2) is 0 Å². The summed E-state index contributed by atoms with van der Waals surface area (Å²) in [5.41, 5.74) is 13.9. The monoisotopic (exact) mass is 653 g/mol. The fourth-order valence-corrected chi connectivity index (χ4v) is 6.36. The van der Waals surface area contributed by atoms with Crippen LogP contribution >= 0.6 is 0 Å². The van der Waals surface area contributed by atoms with Gasteiger partial charge in [-0.1, -0.05) is 131 Å². The van der Waals surface area contributed by atoms with Crippen molar-refractivity contribution in [2.24, 2.45) is 0 Å². The molecule has 0 fully saturated rings. The molecule has 1 radical (unpaired) electrons. The van der Waals surface area contributed by atoms with Crippen molar-refractivity contribution in [1.29, 1.82) is 0 Å². The van der Waals surface area contributed by atoms with Crippen molar-refractivity contribution in [3.05, 3.63) is 130 Å². The molecule has 0 amide bonds. The summed E-state index contributed by atoms with van der Waals surface area (Å²) in [6, 6.07) is 36.2. The first-order valence-electron chi connectivity index (χ1n) is 13.9. The van der Waals surface area contributed by atoms with Gasteiger partial charge in [0.25, 0.3) is 0 Å². The SMILES string of the molecule is CC1=Cc2c(-c3ccccc3)cccc2C1c1c(C(C)C)[cH-]c2cccc(-c3ccc(C(C)(C)C)cc3)c12.[Cl-].[Cl-].[Zr+3]. The van der Waals surface area contributed by atoms with E-state index < -0.39 is 0 Å². The van der Waals surface area contributed by atoms with Gasteiger partial charge in [0.05, 0.1) is 0 Å². The smallest absolute Gasteiger partial charge is 1.00 e. The number of rotatable bonds is 4. The molecular weight excluding hydrogens is 619 g/mol. The Morgan fingerprint density at radius 3 is 1.95 bits per heavy atom. The number of hydrogen-bond acceptors (Lipinski definition) is 0. The van der Waals surface area contributed by atoms with Gasteiger partial charge in [-0.05, 0) is 57.6 Å². The van der Waals surface area contributed by atoms with Crippen LogP contribution in [-0.2, 0) is 31.6 Å². The quantitative estimate of drug-likeness (QED) is 0.243. The molecule has 6 rings (SSSR count). The summed E-state index contributed by atoms with van der Waals surface area (Å²) in [7, 11) is 0. The van der Waals surface area contributed by atoms with Crippen LogP contribution < -0.4 is 24.8 Å². The standard InChI is InChI=1S/C38H37.2ClH.Zr/c1-24(2)33-23-28-14-10-16-31(27-18-20-29(21-19-27)38(4,5)6)36(28)37(33)35-25(3)22-34-30(15-11-17-32(34)35)26-12-8-7-9-13-26;;;/h7-24,35H,1-6H3;2*1H;/q-1;;;+3/p-2. The number of fused-ring (bicyclic) bond motifs is 2. The minimum Gasteiger partial charge on any atom is -1.00 e. The Morgan fingerprint density at radius 1 is 0.707 bits per heavy atom. The molecule has 1 aliphatic carbocycles. The van der Waals surface area contributed by atoms with Crippen LogP contribution in [0.5, 0.6) is 0 Å². The van der Waals surface area contributed by atoms with E-state index >= 15 is 0 Å². The second kappa shape index (κ2) is 12.9. The summed E-state index contributed by atoms with van der Waals surface area (Å²) in [5.74, 6) is 0.709. The summed E-state index contributed by atoms with van der Waals surface area (Å²) >= 11 is 0. The van der Waals surface area contributed by atoms with Crippen molar-refractivity contribution >= 4 is 16.8 Å². The van der Waals surface area contributed by atoms with Gasteiger partial charge < -0.3 is 24.8 Å². The van der Waals surface area contributed by atoms with Crippen LogP contribution in [0.4, 0.5) is 0 Å². The molecule has 5 aromatic carbocycles. The van der Waals surface area contributed by atoms with Crippen molar-refractivity contribution in [3.8, 4) is 22.3 Å². The zero-order valence-electron chi connectivity index (χ0n) is 24.7. The van der Waals surface area contributed by atoms with E-state index in [2.05, 4.69) is 145 Å². The maximum atomic E-state index is 2.45. The molecule has 5 aromatic rings. The minimum atomic E-state index is 0. The first kappa shape index (κ1) is 33.2. The summed E-state index contributed by atoms with van der Waals surface area (Å²) in [6.07, 6.45) is 2.44. The van der Waals surface area contributed by atoms with Crippen LogP contribution in [0.2, 0.25) is 0 Å². The predicted molar refractivity (Wildman–Crippen MR) is 165 cm³/mol. The molecule has 0 N–H and O–H groups in total. The van der Waals surface area contributed by atoms with E-state index in [1.165, 1.54) is 66.4 Å². The van der Waals surface area contributed by atoms with Gasteiger partial charge in [-0.2, -0.15) is 0 Å². The summed E-state index contributed by atoms with van der Waals surface area (Å²) in [4.78, 5) is 0. The molecule has 0 nitrogen and oxygen atoms in total. The van der Waals surface area contributed by atoms with Gasteiger partial charge in [0.2, 0.25) is 0 Å². The molecule has 0 saturated carbocycles. The van der Waals surface area contributed by atoms with Gasteiger partial charge >= 0.3 is 26.2 Å². The Morgan fingerprint density at radius 2 is 1.32 bits per heavy atom. The Labute approximate surface area is 277 Å². The molecule has 0 bridgehead atoms. The summed E-state index contributed by atoms with van der Waals surface area (Å²) in [6.45, 7) is 13.8. The summed E-state index contributed by atoms with van der Waals surface area (Å²) < 4.78 is 0. The number of benzene rings is 4. The molecule has 0 saturated heterocycles. The second-order valence-corrected chi connectivity index (χ2v) is 12.3. The third-order valence-corrected chi connectivity index (χ3v) is 8.32. The molecule has 3 heteroatoms. The maximum absolute atomic E-state index is 2.45. The third-order valence-electron chi connectivity index (χ3n) is 8.32. The van der Waals surface area contributed by atoms with Gasteiger partial charge in [-0.25, -0.2) is 0 Å². The number of halogens is 2. The average molecular weight is 656 g/mol. The predicted octanol–water partition coefficient (Wildman–Crippen LogP) is 4.87. The number of hydrogen-bond donors (Lipinski definition) is 0. The van der Waals surface area contributed by atoms with E-state index in [-0.39, 0.29) is 62.4 Å². The first-order chi connectivity index (χ1) is 18.2. The largest absolute Gasteiger partial charge is 3.00 e. The second-order valence-electron chi connectivity index (χ2n) is 12.3. The fourth-order valence-electron chi connectivity index (χ4n) is 6.36. The molecule has 0 aromatic heterocycles. The number of allylic oxidation sites excluding steroid dienone is 1.